The average molecular weight is 509 g/mol. The molecule has 0 unspecified atom stereocenters. The van der Waals surface area contributed by atoms with Gasteiger partial charge in [0.25, 0.3) is 5.91 Å². The fourth-order valence-corrected chi connectivity index (χ4v) is 4.95. The molecule has 0 spiro atoms. The minimum absolute atomic E-state index is 0.112. The highest BCUT2D eigenvalue weighted by Crippen LogP contribution is 2.42. The lowest BCUT2D eigenvalue weighted by molar-refractivity contribution is -0.116. The van der Waals surface area contributed by atoms with Crippen LogP contribution in [-0.4, -0.2) is 29.8 Å². The molecule has 2 aromatic rings. The largest absolute Gasteiger partial charge is 0.372 e. The Morgan fingerprint density at radius 1 is 1.15 bits per heavy atom. The van der Waals surface area contributed by atoms with Gasteiger partial charge in [-0.2, -0.15) is 0 Å². The molecule has 1 amide bonds. The maximum Gasteiger partial charge on any atom is 0.255 e. The van der Waals surface area contributed by atoms with Gasteiger partial charge in [-0.1, -0.05) is 12.1 Å². The number of nitrogens with one attached hydrogen (secondary N) is 2. The minimum Gasteiger partial charge on any atom is -0.372 e. The van der Waals surface area contributed by atoms with Gasteiger partial charge in [0.1, 0.15) is 5.82 Å². The summed E-state index contributed by atoms with van der Waals surface area (Å²) in [6.07, 6.45) is 3.80. The molecule has 1 aliphatic heterocycles. The lowest BCUT2D eigenvalue weighted by atomic mass is 9.75. The van der Waals surface area contributed by atoms with Crippen LogP contribution in [0.4, 0.5) is 11.5 Å². The topological polar surface area (TPSA) is 74.3 Å². The zero-order valence-electron chi connectivity index (χ0n) is 19.2. The number of halogens is 1. The predicted molar refractivity (Wildman–Crippen MR) is 135 cm³/mol. The first-order chi connectivity index (χ1) is 15.9. The number of rotatable bonds is 6. The Kier molecular flexibility index (Phi) is 6.98. The number of nitrogens with zero attached hydrogens (tertiary/aromatic N) is 2. The Labute approximate surface area is 203 Å². The van der Waals surface area contributed by atoms with Crippen LogP contribution in [0, 0.1) is 0 Å². The van der Waals surface area contributed by atoms with Crippen molar-refractivity contribution in [2.45, 2.75) is 46.0 Å². The standard InChI is InChI=1S/C26H29BrN4O2/c1-4-31(5-2)19-12-9-17(10-13-19)24-23(26(33)30-22-14-11-18(27)15-28-22)16(3)29-20-7-6-8-21(32)25(20)24/h9-15,24,29H,4-8H2,1-3H3,(H,28,30,33)/t24-/m0/s1. The molecule has 0 saturated carbocycles. The highest BCUT2D eigenvalue weighted by atomic mass is 79.9. The number of aromatic nitrogens is 1. The van der Waals surface area contributed by atoms with Crippen molar-refractivity contribution in [1.82, 2.24) is 10.3 Å². The van der Waals surface area contributed by atoms with Crippen LogP contribution in [0.3, 0.4) is 0 Å². The first-order valence-corrected chi connectivity index (χ1v) is 12.2. The molecule has 7 heteroatoms. The number of hydrogen-bond acceptors (Lipinski definition) is 5. The van der Waals surface area contributed by atoms with Gasteiger partial charge in [0.15, 0.2) is 5.78 Å². The number of amides is 1. The fourth-order valence-electron chi connectivity index (χ4n) is 4.72. The molecule has 1 aromatic carbocycles. The molecule has 1 aromatic heterocycles. The van der Waals surface area contributed by atoms with E-state index in [1.54, 1.807) is 12.3 Å². The van der Waals surface area contributed by atoms with Gasteiger partial charge >= 0.3 is 0 Å². The number of carbonyl (C=O) groups is 2. The van der Waals surface area contributed by atoms with Crippen molar-refractivity contribution >= 4 is 39.1 Å². The third-order valence-corrected chi connectivity index (χ3v) is 6.81. The summed E-state index contributed by atoms with van der Waals surface area (Å²) in [5, 5.41) is 6.28. The van der Waals surface area contributed by atoms with Gasteiger partial charge in [0.2, 0.25) is 0 Å². The van der Waals surface area contributed by atoms with Crippen LogP contribution >= 0.6 is 15.9 Å². The smallest absolute Gasteiger partial charge is 0.255 e. The van der Waals surface area contributed by atoms with E-state index in [1.165, 1.54) is 0 Å². The number of benzene rings is 1. The monoisotopic (exact) mass is 508 g/mol. The van der Waals surface area contributed by atoms with Crippen LogP contribution in [0.1, 0.15) is 51.5 Å². The maximum atomic E-state index is 13.5. The lowest BCUT2D eigenvalue weighted by Crippen LogP contribution is -2.35. The Hall–Kier alpha value is -2.93. The molecule has 33 heavy (non-hydrogen) atoms. The quantitative estimate of drug-likeness (QED) is 0.553. The van der Waals surface area contributed by atoms with E-state index in [-0.39, 0.29) is 11.7 Å². The van der Waals surface area contributed by atoms with Gasteiger partial charge < -0.3 is 15.5 Å². The Morgan fingerprint density at radius 3 is 2.52 bits per heavy atom. The Balaban J connectivity index is 1.74. The van der Waals surface area contributed by atoms with E-state index in [4.69, 9.17) is 0 Å². The van der Waals surface area contributed by atoms with Crippen molar-refractivity contribution in [2.24, 2.45) is 0 Å². The first kappa shape index (κ1) is 23.2. The second-order valence-electron chi connectivity index (χ2n) is 8.35. The van der Waals surface area contributed by atoms with Crippen molar-refractivity contribution in [3.8, 4) is 0 Å². The molecule has 6 nitrogen and oxygen atoms in total. The number of pyridine rings is 1. The molecule has 1 atom stereocenters. The zero-order chi connectivity index (χ0) is 23.5. The van der Waals surface area contributed by atoms with E-state index in [2.05, 4.69) is 74.6 Å². The number of carbonyl (C=O) groups excluding carboxylic acids is 2. The highest BCUT2D eigenvalue weighted by molar-refractivity contribution is 9.10. The third-order valence-electron chi connectivity index (χ3n) is 6.34. The van der Waals surface area contributed by atoms with E-state index in [1.807, 2.05) is 13.0 Å². The maximum absolute atomic E-state index is 13.5. The number of hydrogen-bond donors (Lipinski definition) is 2. The molecule has 0 fully saturated rings. The van der Waals surface area contributed by atoms with Gasteiger partial charge in [-0.05, 0) is 79.4 Å². The SMILES string of the molecule is CCN(CC)c1ccc([C@H]2C(C(=O)Nc3ccc(Br)cn3)=C(C)NC3=C2C(=O)CCC3)cc1. The van der Waals surface area contributed by atoms with E-state index in [9.17, 15) is 9.59 Å². The number of dihydropyridines is 1. The van der Waals surface area contributed by atoms with Gasteiger partial charge in [0, 0.05) is 64.3 Å². The normalized spacial score (nSPS) is 18.1. The van der Waals surface area contributed by atoms with E-state index in [0.29, 0.717) is 17.8 Å². The van der Waals surface area contributed by atoms with Gasteiger partial charge in [-0.3, -0.25) is 9.59 Å². The second kappa shape index (κ2) is 9.91. The van der Waals surface area contributed by atoms with Crippen LogP contribution in [0.15, 0.2) is 69.6 Å². The van der Waals surface area contributed by atoms with E-state index in [0.717, 1.165) is 58.6 Å². The summed E-state index contributed by atoms with van der Waals surface area (Å²) in [5.41, 5.74) is 5.08. The summed E-state index contributed by atoms with van der Waals surface area (Å²) < 4.78 is 0.837. The Bertz CT molecular complexity index is 1120. The van der Waals surface area contributed by atoms with Crippen LogP contribution in [-0.2, 0) is 9.59 Å². The zero-order valence-corrected chi connectivity index (χ0v) is 20.8. The van der Waals surface area contributed by atoms with E-state index < -0.39 is 5.92 Å². The van der Waals surface area contributed by atoms with Crippen molar-refractivity contribution in [1.29, 1.82) is 0 Å². The van der Waals surface area contributed by atoms with Crippen LogP contribution in [0.2, 0.25) is 0 Å². The molecule has 0 saturated heterocycles. The summed E-state index contributed by atoms with van der Waals surface area (Å²) in [4.78, 5) is 33.1. The average Bonchev–Trinajstić information content (AvgIpc) is 2.81. The van der Waals surface area contributed by atoms with Crippen LogP contribution in [0.25, 0.3) is 0 Å². The summed E-state index contributed by atoms with van der Waals surface area (Å²) in [7, 11) is 0. The lowest BCUT2D eigenvalue weighted by Gasteiger charge is -2.34. The molecule has 0 bridgehead atoms. The van der Waals surface area contributed by atoms with Gasteiger partial charge in [-0.15, -0.1) is 0 Å². The molecule has 2 heterocycles. The molecular weight excluding hydrogens is 480 g/mol. The van der Waals surface area contributed by atoms with Crippen molar-refractivity contribution in [2.75, 3.05) is 23.3 Å². The number of Topliss-reactive ketones (excluding diaryl/α,β-unsaturated/α-hetero) is 1. The number of allylic oxidation sites excluding steroid dienone is 3. The van der Waals surface area contributed by atoms with Gasteiger partial charge in [0.05, 0.1) is 0 Å². The number of anilines is 2. The van der Waals surface area contributed by atoms with Crippen molar-refractivity contribution < 1.29 is 9.59 Å². The fraction of sp³-hybridized carbons (Fsp3) is 0.346. The Morgan fingerprint density at radius 2 is 1.88 bits per heavy atom. The molecule has 4 rings (SSSR count). The summed E-state index contributed by atoms with van der Waals surface area (Å²) in [6.45, 7) is 8.01. The first-order valence-electron chi connectivity index (χ1n) is 11.4. The molecule has 2 N–H and O–H groups in total. The molecular formula is C26H29BrN4O2. The summed E-state index contributed by atoms with van der Waals surface area (Å²) in [6, 6.07) is 11.8. The number of ketones is 1. The minimum atomic E-state index is -0.407. The molecule has 172 valence electrons. The summed E-state index contributed by atoms with van der Waals surface area (Å²) >= 11 is 3.37. The van der Waals surface area contributed by atoms with E-state index >= 15 is 0 Å². The van der Waals surface area contributed by atoms with Crippen LogP contribution in [0.5, 0.6) is 0 Å². The third kappa shape index (κ3) is 4.74. The van der Waals surface area contributed by atoms with Crippen molar-refractivity contribution in [3.63, 3.8) is 0 Å². The summed E-state index contributed by atoms with van der Waals surface area (Å²) in [5.74, 6) is -0.0807. The molecule has 1 aliphatic carbocycles. The van der Waals surface area contributed by atoms with Crippen LogP contribution < -0.4 is 15.5 Å². The highest BCUT2D eigenvalue weighted by Gasteiger charge is 2.38. The second-order valence-corrected chi connectivity index (χ2v) is 9.26. The molecule has 2 aliphatic rings. The molecule has 0 radical (unpaired) electrons. The van der Waals surface area contributed by atoms with Crippen molar-refractivity contribution in [3.05, 3.63) is 75.2 Å². The van der Waals surface area contributed by atoms with Gasteiger partial charge in [-0.25, -0.2) is 4.98 Å². The predicted octanol–water partition coefficient (Wildman–Crippen LogP) is 5.30.